The molecule has 2 nitrogen and oxygen atoms in total. The van der Waals surface area contributed by atoms with Crippen LogP contribution in [0.15, 0.2) is 12.3 Å². The summed E-state index contributed by atoms with van der Waals surface area (Å²) < 4.78 is 0. The maximum absolute atomic E-state index is 5.87. The molecule has 68 valence electrons. The first-order valence-electron chi connectivity index (χ1n) is 4.04. The number of rotatable bonds is 1. The first kappa shape index (κ1) is 11.2. The van der Waals surface area contributed by atoms with Crippen molar-refractivity contribution >= 4 is 17.4 Å². The molecule has 0 aromatic carbocycles. The monoisotopic (exact) mass is 186 g/mol. The topological polar surface area (TPSA) is 24.9 Å². The van der Waals surface area contributed by atoms with Gasteiger partial charge in [0.2, 0.25) is 0 Å². The molecule has 1 heterocycles. The highest BCUT2D eigenvalue weighted by molar-refractivity contribution is 6.33. The fourth-order valence-corrected chi connectivity index (χ4v) is 0.921. The molecule has 0 atom stereocenters. The Bertz CT molecular complexity index is 236. The Hall–Kier alpha value is -0.760. The molecule has 1 N–H and O–H groups in total. The second-order valence-electron chi connectivity index (χ2n) is 2.04. The van der Waals surface area contributed by atoms with E-state index in [2.05, 4.69) is 10.3 Å². The molecule has 0 bridgehead atoms. The van der Waals surface area contributed by atoms with Crippen molar-refractivity contribution in [3.63, 3.8) is 0 Å². The highest BCUT2D eigenvalue weighted by Crippen LogP contribution is 2.21. The normalized spacial score (nSPS) is 8.42. The molecule has 0 saturated carbocycles. The van der Waals surface area contributed by atoms with Crippen molar-refractivity contribution in [2.45, 2.75) is 20.8 Å². The number of hydrogen-bond donors (Lipinski definition) is 1. The van der Waals surface area contributed by atoms with Gasteiger partial charge in [-0.15, -0.1) is 0 Å². The zero-order valence-corrected chi connectivity index (χ0v) is 8.74. The van der Waals surface area contributed by atoms with Crippen LogP contribution in [0.4, 0.5) is 5.82 Å². The summed E-state index contributed by atoms with van der Waals surface area (Å²) in [6, 6.07) is 1.88. The van der Waals surface area contributed by atoms with E-state index in [-0.39, 0.29) is 0 Å². The van der Waals surface area contributed by atoms with Crippen LogP contribution in [-0.4, -0.2) is 12.0 Å². The van der Waals surface area contributed by atoms with Crippen LogP contribution in [-0.2, 0) is 0 Å². The van der Waals surface area contributed by atoms with E-state index in [0.717, 1.165) is 11.4 Å². The van der Waals surface area contributed by atoms with Crippen LogP contribution in [0.1, 0.15) is 19.4 Å². The lowest BCUT2D eigenvalue weighted by Crippen LogP contribution is -1.93. The van der Waals surface area contributed by atoms with Gasteiger partial charge in [-0.2, -0.15) is 0 Å². The van der Waals surface area contributed by atoms with E-state index in [1.54, 1.807) is 13.2 Å². The van der Waals surface area contributed by atoms with Crippen molar-refractivity contribution < 1.29 is 0 Å². The quantitative estimate of drug-likeness (QED) is 0.729. The van der Waals surface area contributed by atoms with Crippen LogP contribution in [0.2, 0.25) is 5.02 Å². The number of anilines is 1. The van der Waals surface area contributed by atoms with Crippen LogP contribution in [0.3, 0.4) is 0 Å². The Morgan fingerprint density at radius 1 is 1.42 bits per heavy atom. The molecular formula is C9H15ClN2. The average Bonchev–Trinajstić information content (AvgIpc) is 2.13. The average molecular weight is 187 g/mol. The molecular weight excluding hydrogens is 172 g/mol. The highest BCUT2D eigenvalue weighted by atomic mass is 35.5. The third-order valence-corrected chi connectivity index (χ3v) is 1.80. The van der Waals surface area contributed by atoms with Gasteiger partial charge >= 0.3 is 0 Å². The van der Waals surface area contributed by atoms with Crippen molar-refractivity contribution in [3.05, 3.63) is 22.8 Å². The molecule has 0 amide bonds. The molecule has 0 spiro atoms. The Morgan fingerprint density at radius 3 is 2.42 bits per heavy atom. The highest BCUT2D eigenvalue weighted by Gasteiger charge is 1.99. The van der Waals surface area contributed by atoms with Crippen molar-refractivity contribution in [3.8, 4) is 0 Å². The summed E-state index contributed by atoms with van der Waals surface area (Å²) in [4.78, 5) is 4.01. The van der Waals surface area contributed by atoms with E-state index < -0.39 is 0 Å². The number of nitrogens with one attached hydrogen (secondary N) is 1. The number of pyridine rings is 1. The summed E-state index contributed by atoms with van der Waals surface area (Å²) in [7, 11) is 1.80. The maximum Gasteiger partial charge on any atom is 0.144 e. The third kappa shape index (κ3) is 2.70. The zero-order chi connectivity index (χ0) is 9.56. The molecule has 1 aromatic rings. The van der Waals surface area contributed by atoms with Gasteiger partial charge < -0.3 is 5.32 Å². The summed E-state index contributed by atoms with van der Waals surface area (Å²) in [5.74, 6) is 0.738. The van der Waals surface area contributed by atoms with Crippen molar-refractivity contribution in [1.29, 1.82) is 0 Å². The molecule has 12 heavy (non-hydrogen) atoms. The summed E-state index contributed by atoms with van der Waals surface area (Å²) in [6.07, 6.45) is 1.73. The molecule has 0 saturated heterocycles. The second kappa shape index (κ2) is 5.84. The van der Waals surface area contributed by atoms with Gasteiger partial charge in [0.1, 0.15) is 5.82 Å². The lowest BCUT2D eigenvalue weighted by atomic mass is 10.3. The molecule has 0 fully saturated rings. The van der Waals surface area contributed by atoms with E-state index in [1.165, 1.54) is 0 Å². The number of hydrogen-bond acceptors (Lipinski definition) is 2. The minimum atomic E-state index is 0.699. The Balaban J connectivity index is 0.000000561. The van der Waals surface area contributed by atoms with Crippen LogP contribution >= 0.6 is 11.6 Å². The van der Waals surface area contributed by atoms with Gasteiger partial charge in [0.15, 0.2) is 0 Å². The van der Waals surface area contributed by atoms with Gasteiger partial charge in [-0.3, -0.25) is 0 Å². The van der Waals surface area contributed by atoms with Gasteiger partial charge in [-0.25, -0.2) is 4.98 Å². The minimum Gasteiger partial charge on any atom is -0.372 e. The van der Waals surface area contributed by atoms with Crippen LogP contribution in [0.25, 0.3) is 0 Å². The summed E-state index contributed by atoms with van der Waals surface area (Å²) in [5, 5.41) is 3.59. The fourth-order valence-electron chi connectivity index (χ4n) is 0.714. The number of aryl methyl sites for hydroxylation is 1. The molecule has 1 rings (SSSR count). The first-order valence-corrected chi connectivity index (χ1v) is 4.42. The molecule has 3 heteroatoms. The van der Waals surface area contributed by atoms with Crippen molar-refractivity contribution in [2.75, 3.05) is 12.4 Å². The molecule has 0 aliphatic carbocycles. The second-order valence-corrected chi connectivity index (χ2v) is 2.42. The molecule has 0 aliphatic rings. The smallest absolute Gasteiger partial charge is 0.144 e. The maximum atomic E-state index is 5.87. The summed E-state index contributed by atoms with van der Waals surface area (Å²) in [5.41, 5.74) is 1.04. The minimum absolute atomic E-state index is 0.699. The van der Waals surface area contributed by atoms with E-state index in [0.29, 0.717) is 5.02 Å². The van der Waals surface area contributed by atoms with E-state index >= 15 is 0 Å². The Labute approximate surface area is 79.0 Å². The Morgan fingerprint density at radius 2 is 2.00 bits per heavy atom. The Kier molecular flexibility index (Phi) is 5.47. The van der Waals surface area contributed by atoms with Gasteiger partial charge in [0.25, 0.3) is 0 Å². The SMILES string of the molecule is CC.CNc1nccc(C)c1Cl. The van der Waals surface area contributed by atoms with E-state index in [4.69, 9.17) is 11.6 Å². The number of halogens is 1. The number of aromatic nitrogens is 1. The van der Waals surface area contributed by atoms with Gasteiger partial charge in [0.05, 0.1) is 5.02 Å². The van der Waals surface area contributed by atoms with E-state index in [1.807, 2.05) is 26.8 Å². The van der Waals surface area contributed by atoms with Crippen molar-refractivity contribution in [1.82, 2.24) is 4.98 Å². The van der Waals surface area contributed by atoms with Crippen LogP contribution < -0.4 is 5.32 Å². The summed E-state index contributed by atoms with van der Waals surface area (Å²) in [6.45, 7) is 5.95. The largest absolute Gasteiger partial charge is 0.372 e. The van der Waals surface area contributed by atoms with Crippen LogP contribution in [0, 0.1) is 6.92 Å². The molecule has 1 aromatic heterocycles. The predicted molar refractivity (Wildman–Crippen MR) is 54.9 cm³/mol. The third-order valence-electron chi connectivity index (χ3n) is 1.32. The molecule has 0 unspecified atom stereocenters. The van der Waals surface area contributed by atoms with Gasteiger partial charge in [-0.1, -0.05) is 25.4 Å². The predicted octanol–water partition coefficient (Wildman–Crippen LogP) is 3.11. The zero-order valence-electron chi connectivity index (χ0n) is 7.98. The summed E-state index contributed by atoms with van der Waals surface area (Å²) >= 11 is 5.87. The lowest BCUT2D eigenvalue weighted by Gasteiger charge is -2.02. The first-order chi connectivity index (χ1) is 5.75. The van der Waals surface area contributed by atoms with Crippen molar-refractivity contribution in [2.24, 2.45) is 0 Å². The van der Waals surface area contributed by atoms with Gasteiger partial charge in [0, 0.05) is 13.2 Å². The van der Waals surface area contributed by atoms with Gasteiger partial charge in [-0.05, 0) is 18.6 Å². The number of nitrogens with zero attached hydrogens (tertiary/aromatic N) is 1. The standard InChI is InChI=1S/C7H9ClN2.C2H6/c1-5-3-4-10-7(9-2)6(5)8;1-2/h3-4H,1-2H3,(H,9,10);1-2H3. The molecule has 0 aliphatic heterocycles. The lowest BCUT2D eigenvalue weighted by molar-refractivity contribution is 1.26. The fraction of sp³-hybridized carbons (Fsp3) is 0.444. The van der Waals surface area contributed by atoms with E-state index in [9.17, 15) is 0 Å². The molecule has 0 radical (unpaired) electrons. The van der Waals surface area contributed by atoms with Crippen LogP contribution in [0.5, 0.6) is 0 Å².